The van der Waals surface area contributed by atoms with E-state index in [4.69, 9.17) is 5.73 Å². The summed E-state index contributed by atoms with van der Waals surface area (Å²) in [5, 5.41) is 3.15. The predicted molar refractivity (Wildman–Crippen MR) is 68.6 cm³/mol. The topological polar surface area (TPSA) is 58.4 Å². The molecule has 98 valence electrons. The number of nitrogens with zero attached hydrogens (tertiary/aromatic N) is 1. The lowest BCUT2D eigenvalue weighted by Gasteiger charge is -2.39. The number of likely N-dealkylation sites (tertiary alicyclic amines) is 1. The molecule has 1 heterocycles. The van der Waals surface area contributed by atoms with E-state index in [1.165, 1.54) is 6.42 Å². The van der Waals surface area contributed by atoms with Crippen molar-refractivity contribution in [1.82, 2.24) is 10.2 Å². The zero-order valence-electron chi connectivity index (χ0n) is 11.0. The summed E-state index contributed by atoms with van der Waals surface area (Å²) >= 11 is 0. The van der Waals surface area contributed by atoms with Crippen molar-refractivity contribution in [3.8, 4) is 0 Å². The third-order valence-corrected chi connectivity index (χ3v) is 4.44. The number of carbonyl (C=O) groups excluding carboxylic acids is 1. The zero-order valence-corrected chi connectivity index (χ0v) is 11.0. The van der Waals surface area contributed by atoms with Crippen LogP contribution in [0.2, 0.25) is 0 Å². The monoisotopic (exact) mass is 239 g/mol. The molecule has 2 unspecified atom stereocenters. The number of rotatable bonds is 3. The minimum Gasteiger partial charge on any atom is -0.353 e. The highest BCUT2D eigenvalue weighted by molar-refractivity contribution is 5.77. The van der Waals surface area contributed by atoms with E-state index in [1.807, 2.05) is 0 Å². The van der Waals surface area contributed by atoms with Crippen LogP contribution in [-0.2, 0) is 4.79 Å². The van der Waals surface area contributed by atoms with Crippen LogP contribution in [-0.4, -0.2) is 42.0 Å². The van der Waals surface area contributed by atoms with Crippen LogP contribution in [0.1, 0.15) is 45.4 Å². The number of nitrogens with two attached hydrogens (primary N) is 1. The molecule has 0 aromatic carbocycles. The number of nitrogens with one attached hydrogen (secondary N) is 1. The van der Waals surface area contributed by atoms with Crippen molar-refractivity contribution < 1.29 is 4.79 Å². The minimum atomic E-state index is -0.193. The Morgan fingerprint density at radius 2 is 2.24 bits per heavy atom. The van der Waals surface area contributed by atoms with Crippen LogP contribution in [0.15, 0.2) is 0 Å². The molecule has 0 aromatic rings. The Bertz CT molecular complexity index is 288. The SMILES string of the molecule is CC1CC(NC(=O)CC2(N)CCC2)CCN1C. The van der Waals surface area contributed by atoms with Gasteiger partial charge in [0.1, 0.15) is 0 Å². The maximum atomic E-state index is 11.9. The fourth-order valence-corrected chi connectivity index (χ4v) is 2.83. The molecule has 3 N–H and O–H groups in total. The van der Waals surface area contributed by atoms with Crippen molar-refractivity contribution >= 4 is 5.91 Å². The van der Waals surface area contributed by atoms with Gasteiger partial charge >= 0.3 is 0 Å². The number of hydrogen-bond acceptors (Lipinski definition) is 3. The lowest BCUT2D eigenvalue weighted by atomic mass is 9.75. The van der Waals surface area contributed by atoms with E-state index in [9.17, 15) is 4.79 Å². The van der Waals surface area contributed by atoms with Gasteiger partial charge < -0.3 is 16.0 Å². The van der Waals surface area contributed by atoms with Gasteiger partial charge in [-0.2, -0.15) is 0 Å². The van der Waals surface area contributed by atoms with Crippen molar-refractivity contribution in [2.45, 2.75) is 63.1 Å². The van der Waals surface area contributed by atoms with Gasteiger partial charge in [-0.15, -0.1) is 0 Å². The molecule has 2 fully saturated rings. The van der Waals surface area contributed by atoms with Crippen LogP contribution >= 0.6 is 0 Å². The Morgan fingerprint density at radius 1 is 1.53 bits per heavy atom. The van der Waals surface area contributed by atoms with Crippen molar-refractivity contribution in [1.29, 1.82) is 0 Å². The molecule has 1 aliphatic carbocycles. The first kappa shape index (κ1) is 12.8. The maximum absolute atomic E-state index is 11.9. The summed E-state index contributed by atoms with van der Waals surface area (Å²) in [6.45, 7) is 3.29. The lowest BCUT2D eigenvalue weighted by molar-refractivity contribution is -0.124. The van der Waals surface area contributed by atoms with Crippen LogP contribution in [0, 0.1) is 0 Å². The summed E-state index contributed by atoms with van der Waals surface area (Å²) < 4.78 is 0. The molecule has 0 spiro atoms. The highest BCUT2D eigenvalue weighted by Gasteiger charge is 2.35. The lowest BCUT2D eigenvalue weighted by Crippen LogP contribution is -2.52. The van der Waals surface area contributed by atoms with E-state index in [-0.39, 0.29) is 11.4 Å². The van der Waals surface area contributed by atoms with Gasteiger partial charge in [-0.1, -0.05) is 0 Å². The average molecular weight is 239 g/mol. The van der Waals surface area contributed by atoms with E-state index in [2.05, 4.69) is 24.2 Å². The van der Waals surface area contributed by atoms with Crippen molar-refractivity contribution in [2.24, 2.45) is 5.73 Å². The van der Waals surface area contributed by atoms with Gasteiger partial charge in [0.2, 0.25) is 5.91 Å². The Labute approximate surface area is 104 Å². The summed E-state index contributed by atoms with van der Waals surface area (Å²) in [5.74, 6) is 0.147. The van der Waals surface area contributed by atoms with Gasteiger partial charge in [0.15, 0.2) is 0 Å². The number of carbonyl (C=O) groups is 1. The standard InChI is InChI=1S/C13H25N3O/c1-10-8-11(4-7-16(10)2)15-12(17)9-13(14)5-3-6-13/h10-11H,3-9,14H2,1-2H3,(H,15,17). The summed E-state index contributed by atoms with van der Waals surface area (Å²) in [7, 11) is 2.14. The maximum Gasteiger partial charge on any atom is 0.222 e. The van der Waals surface area contributed by atoms with E-state index in [0.29, 0.717) is 18.5 Å². The normalized spacial score (nSPS) is 32.9. The van der Waals surface area contributed by atoms with Crippen LogP contribution < -0.4 is 11.1 Å². The molecular formula is C13H25N3O. The van der Waals surface area contributed by atoms with Crippen LogP contribution in [0.25, 0.3) is 0 Å². The fraction of sp³-hybridized carbons (Fsp3) is 0.923. The highest BCUT2D eigenvalue weighted by atomic mass is 16.1. The molecule has 2 rings (SSSR count). The van der Waals surface area contributed by atoms with E-state index >= 15 is 0 Å². The van der Waals surface area contributed by atoms with Gasteiger partial charge in [-0.05, 0) is 46.1 Å². The van der Waals surface area contributed by atoms with Crippen LogP contribution in [0.3, 0.4) is 0 Å². The van der Waals surface area contributed by atoms with Gasteiger partial charge in [0, 0.05) is 30.6 Å². The molecule has 0 aromatic heterocycles. The second-order valence-corrected chi connectivity index (χ2v) is 6.01. The Morgan fingerprint density at radius 3 is 2.76 bits per heavy atom. The Kier molecular flexibility index (Phi) is 3.73. The molecular weight excluding hydrogens is 214 g/mol. The molecule has 1 saturated heterocycles. The smallest absolute Gasteiger partial charge is 0.222 e. The molecule has 1 amide bonds. The molecule has 17 heavy (non-hydrogen) atoms. The molecule has 0 radical (unpaired) electrons. The largest absolute Gasteiger partial charge is 0.353 e. The van der Waals surface area contributed by atoms with Crippen molar-refractivity contribution in [3.05, 3.63) is 0 Å². The first-order valence-electron chi connectivity index (χ1n) is 6.77. The average Bonchev–Trinajstić information content (AvgIpc) is 2.21. The van der Waals surface area contributed by atoms with E-state index in [1.54, 1.807) is 0 Å². The zero-order chi connectivity index (χ0) is 12.5. The highest BCUT2D eigenvalue weighted by Crippen LogP contribution is 2.32. The first-order chi connectivity index (χ1) is 7.98. The predicted octanol–water partition coefficient (Wildman–Crippen LogP) is 0.857. The molecule has 2 atom stereocenters. The van der Waals surface area contributed by atoms with E-state index < -0.39 is 0 Å². The minimum absolute atomic E-state index is 0.147. The summed E-state index contributed by atoms with van der Waals surface area (Å²) in [4.78, 5) is 14.2. The van der Waals surface area contributed by atoms with Gasteiger partial charge in [-0.3, -0.25) is 4.79 Å². The second-order valence-electron chi connectivity index (χ2n) is 6.01. The number of amides is 1. The summed E-state index contributed by atoms with van der Waals surface area (Å²) in [5.41, 5.74) is 5.90. The quantitative estimate of drug-likeness (QED) is 0.768. The third-order valence-electron chi connectivity index (χ3n) is 4.44. The molecule has 1 saturated carbocycles. The fourth-order valence-electron chi connectivity index (χ4n) is 2.83. The van der Waals surface area contributed by atoms with Crippen molar-refractivity contribution in [2.75, 3.05) is 13.6 Å². The van der Waals surface area contributed by atoms with E-state index in [0.717, 1.165) is 32.2 Å². The Balaban J connectivity index is 1.75. The summed E-state index contributed by atoms with van der Waals surface area (Å²) in [6, 6.07) is 0.905. The van der Waals surface area contributed by atoms with Gasteiger partial charge in [-0.25, -0.2) is 0 Å². The molecule has 2 aliphatic rings. The van der Waals surface area contributed by atoms with Crippen molar-refractivity contribution in [3.63, 3.8) is 0 Å². The van der Waals surface area contributed by atoms with Crippen LogP contribution in [0.4, 0.5) is 0 Å². The number of piperidine rings is 1. The van der Waals surface area contributed by atoms with Crippen LogP contribution in [0.5, 0.6) is 0 Å². The third kappa shape index (κ3) is 3.19. The Hall–Kier alpha value is -0.610. The molecule has 1 aliphatic heterocycles. The number of hydrogen-bond donors (Lipinski definition) is 2. The molecule has 4 nitrogen and oxygen atoms in total. The first-order valence-corrected chi connectivity index (χ1v) is 6.77. The second kappa shape index (κ2) is 4.94. The molecule has 0 bridgehead atoms. The van der Waals surface area contributed by atoms with Gasteiger partial charge in [0.05, 0.1) is 0 Å². The summed E-state index contributed by atoms with van der Waals surface area (Å²) in [6.07, 6.45) is 5.81. The molecule has 4 heteroatoms. The van der Waals surface area contributed by atoms with Gasteiger partial charge in [0.25, 0.3) is 0 Å².